The standard InChI is InChI=1S/C53H51F6N9O8/c1-7-75-48(71)44-32(3)66(40-13-9-11-38(25-40)52(54,55)56)50(73)64(46(44)36-19-15-34(27-60)16-20-36)29-42(69)62-23-24-68(5,6)31-63-43(70)30-65-47(37-21-17-35(28-61)18-22-37)45(49(72)76-8-2)33(4)67(51(65)74)41-14-10-12-39(26-41)53(57,58)59/h9-22,25-26,46-47H,7-8,23-24,29-31H2,1-6H3,(H-,62,63,69,70)/p+1/t46-,47-/m1/s1. The lowest BCUT2D eigenvalue weighted by atomic mass is 9.92. The van der Waals surface area contributed by atoms with E-state index in [1.165, 1.54) is 88.4 Å². The van der Waals surface area contributed by atoms with Crippen molar-refractivity contribution in [1.82, 2.24) is 20.4 Å². The number of nitriles is 2. The Morgan fingerprint density at radius 2 is 1.00 bits per heavy atom. The molecule has 0 fully saturated rings. The molecule has 0 unspecified atom stereocenters. The lowest BCUT2D eigenvalue weighted by molar-refractivity contribution is -0.890. The van der Waals surface area contributed by atoms with Crippen LogP contribution in [0.15, 0.2) is 120 Å². The molecule has 6 rings (SSSR count). The van der Waals surface area contributed by atoms with Crippen LogP contribution in [0.1, 0.15) is 73.2 Å². The van der Waals surface area contributed by atoms with Gasteiger partial charge in [-0.15, -0.1) is 0 Å². The van der Waals surface area contributed by atoms with Crippen LogP contribution >= 0.6 is 0 Å². The molecule has 2 aliphatic heterocycles. The van der Waals surface area contributed by atoms with Crippen LogP contribution in [0.25, 0.3) is 0 Å². The number of esters is 2. The summed E-state index contributed by atoms with van der Waals surface area (Å²) in [6.45, 7) is 3.96. The number of allylic oxidation sites excluding steroid dienone is 2. The molecule has 0 saturated heterocycles. The second-order valence-electron chi connectivity index (χ2n) is 18.1. The smallest absolute Gasteiger partial charge is 0.416 e. The second kappa shape index (κ2) is 23.2. The molecule has 0 saturated carbocycles. The highest BCUT2D eigenvalue weighted by atomic mass is 19.4. The van der Waals surface area contributed by atoms with E-state index in [0.29, 0.717) is 0 Å². The van der Waals surface area contributed by atoms with E-state index in [4.69, 9.17) is 9.47 Å². The molecule has 4 aromatic carbocycles. The minimum atomic E-state index is -4.80. The maximum absolute atomic E-state index is 14.6. The van der Waals surface area contributed by atoms with Crippen molar-refractivity contribution in [3.05, 3.63) is 153 Å². The quantitative estimate of drug-likeness (QED) is 0.0450. The van der Waals surface area contributed by atoms with Crippen LogP contribution in [0.3, 0.4) is 0 Å². The molecule has 17 nitrogen and oxygen atoms in total. The van der Waals surface area contributed by atoms with Crippen LogP contribution in [0, 0.1) is 22.7 Å². The maximum Gasteiger partial charge on any atom is 0.416 e. The van der Waals surface area contributed by atoms with Gasteiger partial charge in [0.2, 0.25) is 11.8 Å². The van der Waals surface area contributed by atoms with Crippen molar-refractivity contribution < 1.29 is 69.1 Å². The van der Waals surface area contributed by atoms with Crippen molar-refractivity contribution in [2.75, 3.05) is 70.0 Å². The summed E-state index contributed by atoms with van der Waals surface area (Å²) < 4.78 is 94.3. The highest BCUT2D eigenvalue weighted by molar-refractivity contribution is 6.05. The predicted octanol–water partition coefficient (Wildman–Crippen LogP) is 8.07. The Morgan fingerprint density at radius 1 is 0.618 bits per heavy atom. The minimum Gasteiger partial charge on any atom is -0.463 e. The molecule has 0 aromatic heterocycles. The summed E-state index contributed by atoms with van der Waals surface area (Å²) in [7, 11) is 3.36. The number of nitrogens with one attached hydrogen (secondary N) is 2. The molecule has 2 atom stereocenters. The molecule has 0 bridgehead atoms. The SMILES string of the molecule is CCOC(=O)C1=C(C)N(c2cccc(C(F)(F)F)c2)C(=O)N(CC(=O)NCC[N+](C)(C)CNC(=O)CN2C(=O)N(c3cccc(C(F)(F)F)c3)C(C)=C(C(=O)OCC)[C@H]2c2ccc(C#N)cc2)[C@@H]1c1ccc(C#N)cc1. The second-order valence-corrected chi connectivity index (χ2v) is 18.1. The first-order valence-corrected chi connectivity index (χ1v) is 23.5. The lowest BCUT2D eigenvalue weighted by Gasteiger charge is -2.42. The van der Waals surface area contributed by atoms with Crippen molar-refractivity contribution in [1.29, 1.82) is 10.5 Å². The highest BCUT2D eigenvalue weighted by Gasteiger charge is 2.46. The number of rotatable bonds is 17. The Bertz CT molecular complexity index is 3050. The topological polar surface area (TPSA) is 205 Å². The maximum atomic E-state index is 14.6. The first-order valence-electron chi connectivity index (χ1n) is 23.5. The Hall–Kier alpha value is -8.70. The number of halogens is 6. The normalized spacial score (nSPS) is 16.3. The molecule has 2 N–H and O–H groups in total. The first kappa shape index (κ1) is 56.6. The molecule has 0 spiro atoms. The minimum absolute atomic E-state index is 0.0305. The number of carbonyl (C=O) groups is 6. The third kappa shape index (κ3) is 12.6. The van der Waals surface area contributed by atoms with Gasteiger partial charge in [0.15, 0.2) is 6.67 Å². The van der Waals surface area contributed by atoms with Gasteiger partial charge in [0.1, 0.15) is 13.1 Å². The highest BCUT2D eigenvalue weighted by Crippen LogP contribution is 2.43. The number of alkyl halides is 6. The summed E-state index contributed by atoms with van der Waals surface area (Å²) in [5.74, 6) is -3.36. The van der Waals surface area contributed by atoms with E-state index in [0.717, 1.165) is 56.0 Å². The van der Waals surface area contributed by atoms with Crippen LogP contribution in [0.2, 0.25) is 0 Å². The summed E-state index contributed by atoms with van der Waals surface area (Å²) in [5.41, 5.74) is -2.10. The number of benzene rings is 4. The molecule has 6 amide bonds. The fraction of sp³-hybridized carbons (Fsp3) is 0.321. The first-order chi connectivity index (χ1) is 35.8. The summed E-state index contributed by atoms with van der Waals surface area (Å²) in [6.07, 6.45) is -9.60. The molecule has 4 aromatic rings. The number of hydrogen-bond acceptors (Lipinski definition) is 10. The number of amides is 6. The van der Waals surface area contributed by atoms with Gasteiger partial charge in [0, 0.05) is 11.4 Å². The molecule has 23 heteroatoms. The number of nitrogens with zero attached hydrogens (tertiary/aromatic N) is 7. The fourth-order valence-electron chi connectivity index (χ4n) is 8.69. The van der Waals surface area contributed by atoms with Gasteiger partial charge < -0.3 is 34.4 Å². The zero-order valence-electron chi connectivity index (χ0n) is 42.0. The van der Waals surface area contributed by atoms with Crippen molar-refractivity contribution >= 4 is 47.2 Å². The van der Waals surface area contributed by atoms with Gasteiger partial charge >= 0.3 is 36.4 Å². The van der Waals surface area contributed by atoms with Crippen LogP contribution in [0.4, 0.5) is 47.3 Å². The average Bonchev–Trinajstić information content (AvgIpc) is 3.37. The Kier molecular flexibility index (Phi) is 17.3. The van der Waals surface area contributed by atoms with Crippen LogP contribution in [-0.2, 0) is 41.0 Å². The number of quaternary nitrogens is 1. The summed E-state index contributed by atoms with van der Waals surface area (Å²) >= 11 is 0. The van der Waals surface area contributed by atoms with Crippen LogP contribution in [0.5, 0.6) is 0 Å². The van der Waals surface area contributed by atoms with E-state index in [-0.39, 0.29) is 93.6 Å². The van der Waals surface area contributed by atoms with Gasteiger partial charge in [-0.25, -0.2) is 19.2 Å². The third-order valence-electron chi connectivity index (χ3n) is 12.4. The lowest BCUT2D eigenvalue weighted by Crippen LogP contribution is -2.56. The molecule has 0 aliphatic carbocycles. The van der Waals surface area contributed by atoms with Crippen molar-refractivity contribution in [2.45, 2.75) is 52.1 Å². The molecule has 76 heavy (non-hydrogen) atoms. The zero-order valence-corrected chi connectivity index (χ0v) is 42.0. The molecule has 2 aliphatic rings. The summed E-state index contributed by atoms with van der Waals surface area (Å²) in [5, 5.41) is 24.4. The Labute approximate surface area is 433 Å². The third-order valence-corrected chi connectivity index (χ3v) is 12.4. The zero-order chi connectivity index (χ0) is 55.9. The van der Waals surface area contributed by atoms with Gasteiger partial charge in [-0.3, -0.25) is 19.4 Å². The van der Waals surface area contributed by atoms with Crippen LogP contribution < -0.4 is 20.4 Å². The molecular weight excluding hydrogens is 1000 g/mol. The van der Waals surface area contributed by atoms with Crippen LogP contribution in [-0.4, -0.2) is 110 Å². The summed E-state index contributed by atoms with van der Waals surface area (Å²) in [4.78, 5) is 88.4. The predicted molar refractivity (Wildman–Crippen MR) is 262 cm³/mol. The van der Waals surface area contributed by atoms with E-state index < -0.39 is 84.5 Å². The largest absolute Gasteiger partial charge is 0.463 e. The molecule has 398 valence electrons. The number of urea groups is 2. The van der Waals surface area contributed by atoms with E-state index in [1.807, 2.05) is 12.1 Å². The number of hydrogen-bond donors (Lipinski definition) is 2. The molecular formula is C53H52F6N9O8+. The van der Waals surface area contributed by atoms with Gasteiger partial charge in [-0.1, -0.05) is 36.4 Å². The van der Waals surface area contributed by atoms with E-state index in [9.17, 15) is 65.6 Å². The van der Waals surface area contributed by atoms with E-state index in [2.05, 4.69) is 10.6 Å². The monoisotopic (exact) mass is 1060 g/mol. The Balaban J connectivity index is 1.23. The van der Waals surface area contributed by atoms with E-state index in [1.54, 1.807) is 14.1 Å². The van der Waals surface area contributed by atoms with Gasteiger partial charge in [0.25, 0.3) is 0 Å². The average molecular weight is 1060 g/mol. The number of carbonyl (C=O) groups excluding carboxylic acids is 6. The molecule has 0 radical (unpaired) electrons. The van der Waals surface area contributed by atoms with Crippen molar-refractivity contribution in [2.24, 2.45) is 0 Å². The van der Waals surface area contributed by atoms with Crippen molar-refractivity contribution in [3.8, 4) is 12.1 Å². The number of anilines is 2. The molecule has 2 heterocycles. The summed E-state index contributed by atoms with van der Waals surface area (Å²) in [6, 6.07) is 18.8. The van der Waals surface area contributed by atoms with E-state index >= 15 is 0 Å². The van der Waals surface area contributed by atoms with Crippen molar-refractivity contribution in [3.63, 3.8) is 0 Å². The number of ether oxygens (including phenoxy) is 2. The Morgan fingerprint density at radius 3 is 1.36 bits per heavy atom. The fourth-order valence-corrected chi connectivity index (χ4v) is 8.69. The van der Waals surface area contributed by atoms with Gasteiger partial charge in [-0.2, -0.15) is 36.9 Å². The van der Waals surface area contributed by atoms with Gasteiger partial charge in [-0.05, 0) is 99.5 Å². The number of likely N-dealkylation sites (N-methyl/N-ethyl adjacent to an activating group) is 1. The van der Waals surface area contributed by atoms with Gasteiger partial charge in [0.05, 0.1) is 109 Å².